The Labute approximate surface area is 122 Å². The minimum Gasteiger partial charge on any atom is -0.480 e. The lowest BCUT2D eigenvalue weighted by Gasteiger charge is -2.35. The molecule has 116 valence electrons. The first-order chi connectivity index (χ1) is 9.95. The lowest BCUT2D eigenvalue weighted by molar-refractivity contribution is -0.139. The average Bonchev–Trinajstić information content (AvgIpc) is 2.89. The Morgan fingerprint density at radius 2 is 2.19 bits per heavy atom. The Bertz CT molecular complexity index is 480. The predicted molar refractivity (Wildman–Crippen MR) is 73.8 cm³/mol. The minimum absolute atomic E-state index is 0.0598. The van der Waals surface area contributed by atoms with Crippen LogP contribution in [0.1, 0.15) is 19.5 Å². The number of amides is 2. The van der Waals surface area contributed by atoms with Gasteiger partial charge in [-0.3, -0.25) is 0 Å². The molecule has 3 atom stereocenters. The normalized spacial score (nSPS) is 23.6. The van der Waals surface area contributed by atoms with E-state index in [0.717, 1.165) is 0 Å². The molecule has 0 saturated carbocycles. The summed E-state index contributed by atoms with van der Waals surface area (Å²) < 4.78 is 5.55. The molecule has 0 unspecified atom stereocenters. The lowest BCUT2D eigenvalue weighted by Crippen LogP contribution is -2.55. The third kappa shape index (κ3) is 4.19. The molecule has 8 heteroatoms. The van der Waals surface area contributed by atoms with Crippen molar-refractivity contribution >= 4 is 12.0 Å². The molecule has 3 N–H and O–H groups in total. The second-order valence-corrected chi connectivity index (χ2v) is 5.28. The van der Waals surface area contributed by atoms with Gasteiger partial charge >= 0.3 is 12.0 Å². The SMILES string of the molecule is C[C@@H]1CN(C(=O)N[C@H](Cc2cnc[nH]2)C(=O)O)C[C@H](C)O1. The van der Waals surface area contributed by atoms with Crippen LogP contribution in [0.2, 0.25) is 0 Å². The highest BCUT2D eigenvalue weighted by Crippen LogP contribution is 2.11. The van der Waals surface area contributed by atoms with Crippen LogP contribution < -0.4 is 5.32 Å². The van der Waals surface area contributed by atoms with Crippen molar-refractivity contribution < 1.29 is 19.4 Å². The number of carboxylic acids is 1. The van der Waals surface area contributed by atoms with Crippen LogP contribution in [0.15, 0.2) is 12.5 Å². The molecular formula is C13H20N4O4. The highest BCUT2D eigenvalue weighted by molar-refractivity contribution is 5.82. The number of nitrogens with one attached hydrogen (secondary N) is 2. The van der Waals surface area contributed by atoms with Gasteiger partial charge in [-0.15, -0.1) is 0 Å². The summed E-state index contributed by atoms with van der Waals surface area (Å²) in [4.78, 5) is 31.7. The quantitative estimate of drug-likeness (QED) is 0.737. The third-order valence-corrected chi connectivity index (χ3v) is 3.28. The van der Waals surface area contributed by atoms with Crippen LogP contribution in [0.3, 0.4) is 0 Å². The summed E-state index contributed by atoms with van der Waals surface area (Å²) in [5.41, 5.74) is 0.659. The summed E-state index contributed by atoms with van der Waals surface area (Å²) in [6, 6.07) is -1.38. The van der Waals surface area contributed by atoms with Crippen LogP contribution in [0.25, 0.3) is 0 Å². The van der Waals surface area contributed by atoms with Crippen molar-refractivity contribution in [3.63, 3.8) is 0 Å². The van der Waals surface area contributed by atoms with Gasteiger partial charge < -0.3 is 25.0 Å². The fourth-order valence-electron chi connectivity index (χ4n) is 2.40. The highest BCUT2D eigenvalue weighted by atomic mass is 16.5. The summed E-state index contributed by atoms with van der Waals surface area (Å²) in [5, 5.41) is 11.8. The van der Waals surface area contributed by atoms with Gasteiger partial charge in [0.1, 0.15) is 6.04 Å². The maximum atomic E-state index is 12.2. The van der Waals surface area contributed by atoms with E-state index in [-0.39, 0.29) is 24.7 Å². The minimum atomic E-state index is -1.08. The van der Waals surface area contributed by atoms with Gasteiger partial charge in [-0.1, -0.05) is 0 Å². The molecule has 0 aromatic carbocycles. The summed E-state index contributed by atoms with van der Waals surface area (Å²) >= 11 is 0. The third-order valence-electron chi connectivity index (χ3n) is 3.28. The molecule has 0 aliphatic carbocycles. The van der Waals surface area contributed by atoms with Gasteiger partial charge in [0, 0.05) is 31.4 Å². The molecule has 8 nitrogen and oxygen atoms in total. The van der Waals surface area contributed by atoms with E-state index in [4.69, 9.17) is 4.74 Å². The van der Waals surface area contributed by atoms with E-state index in [1.54, 1.807) is 11.1 Å². The number of hydrogen-bond acceptors (Lipinski definition) is 4. The van der Waals surface area contributed by atoms with Gasteiger partial charge in [-0.2, -0.15) is 0 Å². The van der Waals surface area contributed by atoms with E-state index < -0.39 is 12.0 Å². The maximum absolute atomic E-state index is 12.2. The fraction of sp³-hybridized carbons (Fsp3) is 0.615. The lowest BCUT2D eigenvalue weighted by atomic mass is 10.1. The predicted octanol–water partition coefficient (Wildman–Crippen LogP) is 0.224. The van der Waals surface area contributed by atoms with Crippen molar-refractivity contribution in [2.75, 3.05) is 13.1 Å². The number of morpholine rings is 1. The van der Waals surface area contributed by atoms with Crippen LogP contribution in [-0.2, 0) is 16.0 Å². The molecule has 1 aromatic heterocycles. The molecule has 21 heavy (non-hydrogen) atoms. The summed E-state index contributed by atoms with van der Waals surface area (Å²) in [6.45, 7) is 4.67. The monoisotopic (exact) mass is 296 g/mol. The molecule has 2 amide bonds. The van der Waals surface area contributed by atoms with Crippen molar-refractivity contribution in [2.24, 2.45) is 0 Å². The largest absolute Gasteiger partial charge is 0.480 e. The van der Waals surface area contributed by atoms with Crippen LogP contribution in [-0.4, -0.2) is 63.3 Å². The van der Waals surface area contributed by atoms with Crippen molar-refractivity contribution in [3.05, 3.63) is 18.2 Å². The number of carboxylic acid groups (broad SMARTS) is 1. The van der Waals surface area contributed by atoms with E-state index in [0.29, 0.717) is 18.8 Å². The van der Waals surface area contributed by atoms with Gasteiger partial charge in [-0.25, -0.2) is 14.6 Å². The van der Waals surface area contributed by atoms with Crippen molar-refractivity contribution in [2.45, 2.75) is 38.5 Å². The van der Waals surface area contributed by atoms with E-state index in [9.17, 15) is 14.7 Å². The first-order valence-electron chi connectivity index (χ1n) is 6.86. The van der Waals surface area contributed by atoms with Crippen LogP contribution >= 0.6 is 0 Å². The molecule has 0 spiro atoms. The van der Waals surface area contributed by atoms with Crippen LogP contribution in [0.5, 0.6) is 0 Å². The number of aromatic amines is 1. The number of carbonyl (C=O) groups is 2. The molecule has 0 radical (unpaired) electrons. The number of ether oxygens (including phenoxy) is 1. The van der Waals surface area contributed by atoms with Crippen LogP contribution in [0, 0.1) is 0 Å². The van der Waals surface area contributed by atoms with E-state index in [1.165, 1.54) is 6.33 Å². The number of H-pyrrole nitrogens is 1. The number of rotatable bonds is 4. The zero-order valence-corrected chi connectivity index (χ0v) is 12.1. The standard InChI is InChI=1S/C13H20N4O4/c1-8-5-17(6-9(2)21-8)13(20)16-11(12(18)19)3-10-4-14-7-15-10/h4,7-9,11H,3,5-6H2,1-2H3,(H,14,15)(H,16,20)(H,18,19)/t8-,9+,11-/m1/s1. The Hall–Kier alpha value is -2.09. The molecule has 1 aliphatic rings. The molecule has 2 rings (SSSR count). The number of hydrogen-bond donors (Lipinski definition) is 3. The molecule has 1 fully saturated rings. The average molecular weight is 296 g/mol. The second-order valence-electron chi connectivity index (χ2n) is 5.28. The zero-order chi connectivity index (χ0) is 15.4. The van der Waals surface area contributed by atoms with E-state index in [1.807, 2.05) is 13.8 Å². The molecule has 1 aromatic rings. The molecule has 1 aliphatic heterocycles. The molecular weight excluding hydrogens is 276 g/mol. The van der Waals surface area contributed by atoms with Gasteiger partial charge in [0.15, 0.2) is 0 Å². The topological polar surface area (TPSA) is 108 Å². The second kappa shape index (κ2) is 6.57. The molecule has 0 bridgehead atoms. The fourth-order valence-corrected chi connectivity index (χ4v) is 2.40. The van der Waals surface area contributed by atoms with E-state index >= 15 is 0 Å². The zero-order valence-electron chi connectivity index (χ0n) is 12.1. The number of aromatic nitrogens is 2. The molecule has 1 saturated heterocycles. The van der Waals surface area contributed by atoms with Crippen molar-refractivity contribution in [1.82, 2.24) is 20.2 Å². The Balaban J connectivity index is 1.96. The highest BCUT2D eigenvalue weighted by Gasteiger charge is 2.29. The van der Waals surface area contributed by atoms with Gasteiger partial charge in [0.05, 0.1) is 18.5 Å². The first-order valence-corrected chi connectivity index (χ1v) is 6.86. The number of nitrogens with zero attached hydrogens (tertiary/aromatic N) is 2. The Kier molecular flexibility index (Phi) is 4.79. The summed E-state index contributed by atoms with van der Waals surface area (Å²) in [6.07, 6.45) is 3.06. The smallest absolute Gasteiger partial charge is 0.326 e. The molecule has 2 heterocycles. The number of urea groups is 1. The number of imidazole rings is 1. The van der Waals surface area contributed by atoms with Gasteiger partial charge in [0.2, 0.25) is 0 Å². The maximum Gasteiger partial charge on any atom is 0.326 e. The number of aliphatic carboxylic acids is 1. The van der Waals surface area contributed by atoms with Gasteiger partial charge in [0.25, 0.3) is 0 Å². The Morgan fingerprint density at radius 3 is 2.71 bits per heavy atom. The van der Waals surface area contributed by atoms with E-state index in [2.05, 4.69) is 15.3 Å². The van der Waals surface area contributed by atoms with Gasteiger partial charge in [-0.05, 0) is 13.8 Å². The number of carbonyl (C=O) groups excluding carboxylic acids is 1. The van der Waals surface area contributed by atoms with Crippen molar-refractivity contribution in [3.8, 4) is 0 Å². The first kappa shape index (κ1) is 15.3. The van der Waals surface area contributed by atoms with Crippen LogP contribution in [0.4, 0.5) is 4.79 Å². The van der Waals surface area contributed by atoms with Crippen molar-refractivity contribution in [1.29, 1.82) is 0 Å². The summed E-state index contributed by atoms with van der Waals surface area (Å²) in [7, 11) is 0. The Morgan fingerprint density at radius 1 is 1.52 bits per heavy atom. The summed E-state index contributed by atoms with van der Waals surface area (Å²) in [5.74, 6) is -1.08.